The highest BCUT2D eigenvalue weighted by atomic mass is 32.2. The molecule has 2 rings (SSSR count). The second-order valence-electron chi connectivity index (χ2n) is 6.13. The molecule has 0 aliphatic heterocycles. The topological polar surface area (TPSA) is 94.3 Å². The van der Waals surface area contributed by atoms with Gasteiger partial charge in [0.2, 0.25) is 9.84 Å². The van der Waals surface area contributed by atoms with Crippen LogP contribution in [0, 0.1) is 0 Å². The first-order chi connectivity index (χ1) is 12.3. The number of anilines is 1. The van der Waals surface area contributed by atoms with E-state index in [-0.39, 0.29) is 27.0 Å². The lowest BCUT2D eigenvalue weighted by Crippen LogP contribution is -2.08. The molecule has 2 N–H and O–H groups in total. The van der Waals surface area contributed by atoms with Crippen molar-refractivity contribution in [2.24, 2.45) is 0 Å². The van der Waals surface area contributed by atoms with Gasteiger partial charge in [-0.2, -0.15) is 0 Å². The number of rotatable bonds is 8. The molecule has 0 saturated heterocycles. The fourth-order valence-electron chi connectivity index (χ4n) is 2.66. The quantitative estimate of drug-likeness (QED) is 0.556. The van der Waals surface area contributed by atoms with Crippen molar-refractivity contribution in [3.8, 4) is 0 Å². The Morgan fingerprint density at radius 3 is 1.85 bits per heavy atom. The maximum absolute atomic E-state index is 12.8. The molecule has 2 aromatic rings. The first-order valence-corrected chi connectivity index (χ1v) is 10.1. The number of carbonyl (C=O) groups is 2. The van der Waals surface area contributed by atoms with Crippen molar-refractivity contribution in [3.63, 3.8) is 0 Å². The Hall–Kier alpha value is -2.47. The number of benzene rings is 2. The first-order valence-electron chi connectivity index (χ1n) is 8.62. The van der Waals surface area contributed by atoms with Crippen LogP contribution in [0.4, 0.5) is 5.69 Å². The molecule has 0 amide bonds. The summed E-state index contributed by atoms with van der Waals surface area (Å²) in [5, 5.41) is 0. The van der Waals surface area contributed by atoms with Gasteiger partial charge in [0.25, 0.3) is 0 Å². The van der Waals surface area contributed by atoms with Crippen molar-refractivity contribution < 1.29 is 18.0 Å². The zero-order valence-electron chi connectivity index (χ0n) is 15.0. The molecule has 138 valence electrons. The summed E-state index contributed by atoms with van der Waals surface area (Å²) < 4.78 is 25.6. The lowest BCUT2D eigenvalue weighted by atomic mass is 10.1. The Labute approximate surface area is 154 Å². The van der Waals surface area contributed by atoms with Gasteiger partial charge < -0.3 is 5.73 Å². The smallest absolute Gasteiger partial charge is 0.208 e. The lowest BCUT2D eigenvalue weighted by molar-refractivity contribution is 0.0973. The summed E-state index contributed by atoms with van der Waals surface area (Å²) in [4.78, 5) is 23.8. The molecule has 0 aliphatic carbocycles. The molecule has 0 aromatic heterocycles. The lowest BCUT2D eigenvalue weighted by Gasteiger charge is -2.10. The molecule has 0 spiro atoms. The Kier molecular flexibility index (Phi) is 6.32. The fraction of sp³-hybridized carbons (Fsp3) is 0.300. The van der Waals surface area contributed by atoms with Crippen LogP contribution in [-0.2, 0) is 9.84 Å². The molecule has 2 aromatic carbocycles. The zero-order valence-corrected chi connectivity index (χ0v) is 15.8. The molecule has 0 fully saturated rings. The standard InChI is InChI=1S/C20H23NO4S/c1-3-5-18(22)14-7-10-16(11-8-14)26(24,25)20-12-9-15(13-17(20)21)19(23)6-4-2/h7-13H,3-6,21H2,1-2H3. The third kappa shape index (κ3) is 4.19. The summed E-state index contributed by atoms with van der Waals surface area (Å²) in [7, 11) is -3.83. The summed E-state index contributed by atoms with van der Waals surface area (Å²) in [5.74, 6) is -0.0864. The first kappa shape index (κ1) is 19.8. The third-order valence-corrected chi connectivity index (χ3v) is 5.91. The molecule has 0 unspecified atom stereocenters. The van der Waals surface area contributed by atoms with E-state index in [2.05, 4.69) is 0 Å². The number of hydrogen-bond donors (Lipinski definition) is 1. The molecule has 0 aliphatic rings. The van der Waals surface area contributed by atoms with Crippen LogP contribution in [0.1, 0.15) is 60.2 Å². The summed E-state index contributed by atoms with van der Waals surface area (Å²) in [5.41, 5.74) is 6.84. The largest absolute Gasteiger partial charge is 0.398 e. The van der Waals surface area contributed by atoms with Crippen molar-refractivity contribution in [1.82, 2.24) is 0 Å². The van der Waals surface area contributed by atoms with Gasteiger partial charge in [0, 0.05) is 24.0 Å². The van der Waals surface area contributed by atoms with E-state index in [9.17, 15) is 18.0 Å². The van der Waals surface area contributed by atoms with Gasteiger partial charge in [-0.3, -0.25) is 9.59 Å². The second kappa shape index (κ2) is 8.27. The van der Waals surface area contributed by atoms with Gasteiger partial charge in [-0.25, -0.2) is 8.42 Å². The molecule has 0 atom stereocenters. The number of hydrogen-bond acceptors (Lipinski definition) is 5. The summed E-state index contributed by atoms with van der Waals surface area (Å²) in [6.07, 6.45) is 2.26. The summed E-state index contributed by atoms with van der Waals surface area (Å²) >= 11 is 0. The van der Waals surface area contributed by atoms with Crippen LogP contribution in [0.5, 0.6) is 0 Å². The van der Waals surface area contributed by atoms with Crippen LogP contribution in [0.25, 0.3) is 0 Å². The van der Waals surface area contributed by atoms with Crippen LogP contribution in [0.3, 0.4) is 0 Å². The normalized spacial score (nSPS) is 11.3. The van der Waals surface area contributed by atoms with Gasteiger partial charge in [-0.15, -0.1) is 0 Å². The highest BCUT2D eigenvalue weighted by Crippen LogP contribution is 2.27. The summed E-state index contributed by atoms with van der Waals surface area (Å²) in [6, 6.07) is 10.1. The highest BCUT2D eigenvalue weighted by molar-refractivity contribution is 7.91. The number of ketones is 2. The van der Waals surface area contributed by atoms with E-state index in [1.807, 2.05) is 13.8 Å². The SMILES string of the molecule is CCCC(=O)c1ccc(S(=O)(=O)c2ccc(C(=O)CCC)cc2N)cc1. The van der Waals surface area contributed by atoms with Crippen LogP contribution in [0.2, 0.25) is 0 Å². The highest BCUT2D eigenvalue weighted by Gasteiger charge is 2.22. The van der Waals surface area contributed by atoms with Crippen LogP contribution >= 0.6 is 0 Å². The molecule has 0 saturated carbocycles. The van der Waals surface area contributed by atoms with Crippen molar-refractivity contribution >= 4 is 27.1 Å². The predicted octanol–water partition coefficient (Wildman–Crippen LogP) is 4.07. The fourth-order valence-corrected chi connectivity index (χ4v) is 4.02. The van der Waals surface area contributed by atoms with Crippen molar-refractivity contribution in [1.29, 1.82) is 0 Å². The van der Waals surface area contributed by atoms with Gasteiger partial charge in [-0.05, 0) is 43.2 Å². The monoisotopic (exact) mass is 373 g/mol. The molecule has 0 bridgehead atoms. The molecule has 6 heteroatoms. The van der Waals surface area contributed by atoms with E-state index in [4.69, 9.17) is 5.73 Å². The molecule has 0 heterocycles. The average Bonchev–Trinajstić information content (AvgIpc) is 2.62. The number of Topliss-reactive ketones (excluding diaryl/α,β-unsaturated/α-hetero) is 2. The minimum Gasteiger partial charge on any atom is -0.398 e. The maximum Gasteiger partial charge on any atom is 0.208 e. The van der Waals surface area contributed by atoms with Gasteiger partial charge >= 0.3 is 0 Å². The van der Waals surface area contributed by atoms with Crippen molar-refractivity contribution in [2.75, 3.05) is 5.73 Å². The van der Waals surface area contributed by atoms with Gasteiger partial charge in [-0.1, -0.05) is 26.0 Å². The van der Waals surface area contributed by atoms with E-state index in [0.717, 1.165) is 6.42 Å². The zero-order chi connectivity index (χ0) is 19.3. The molecule has 5 nitrogen and oxygen atoms in total. The second-order valence-corrected chi connectivity index (χ2v) is 8.04. The molecular formula is C20H23NO4S. The van der Waals surface area contributed by atoms with Crippen LogP contribution < -0.4 is 5.73 Å². The Morgan fingerprint density at radius 1 is 0.846 bits per heavy atom. The third-order valence-electron chi connectivity index (χ3n) is 4.06. The van der Waals surface area contributed by atoms with Gasteiger partial charge in [0.05, 0.1) is 15.5 Å². The van der Waals surface area contributed by atoms with Gasteiger partial charge in [0.15, 0.2) is 11.6 Å². The minimum absolute atomic E-state index is 0.0187. The van der Waals surface area contributed by atoms with E-state index in [0.29, 0.717) is 30.4 Å². The van der Waals surface area contributed by atoms with Crippen LogP contribution in [-0.4, -0.2) is 20.0 Å². The Morgan fingerprint density at radius 2 is 1.35 bits per heavy atom. The number of carbonyl (C=O) groups excluding carboxylic acids is 2. The van der Waals surface area contributed by atoms with E-state index in [1.165, 1.54) is 42.5 Å². The Bertz CT molecular complexity index is 915. The average molecular weight is 373 g/mol. The van der Waals surface area contributed by atoms with Crippen molar-refractivity contribution in [2.45, 2.75) is 49.3 Å². The maximum atomic E-state index is 12.8. The number of nitrogens with two attached hydrogens (primary N) is 1. The number of nitrogen functional groups attached to an aromatic ring is 1. The molecular weight excluding hydrogens is 350 g/mol. The molecule has 0 radical (unpaired) electrons. The summed E-state index contributed by atoms with van der Waals surface area (Å²) in [6.45, 7) is 3.81. The Balaban J connectivity index is 2.35. The van der Waals surface area contributed by atoms with E-state index >= 15 is 0 Å². The van der Waals surface area contributed by atoms with Gasteiger partial charge in [0.1, 0.15) is 0 Å². The van der Waals surface area contributed by atoms with E-state index in [1.54, 1.807) is 0 Å². The minimum atomic E-state index is -3.83. The predicted molar refractivity (Wildman–Crippen MR) is 101 cm³/mol. The van der Waals surface area contributed by atoms with E-state index < -0.39 is 9.84 Å². The molecule has 26 heavy (non-hydrogen) atoms. The van der Waals surface area contributed by atoms with Crippen molar-refractivity contribution in [3.05, 3.63) is 53.6 Å². The number of sulfone groups is 1. The van der Waals surface area contributed by atoms with Crippen LogP contribution in [0.15, 0.2) is 52.3 Å².